The molecule has 3 rings (SSSR count). The van der Waals surface area contributed by atoms with Gasteiger partial charge in [-0.05, 0) is 24.3 Å². The molecule has 0 N–H and O–H groups in total. The van der Waals surface area contributed by atoms with Gasteiger partial charge in [0.05, 0.1) is 12.8 Å². The molecule has 18 heavy (non-hydrogen) atoms. The molecule has 0 saturated carbocycles. The van der Waals surface area contributed by atoms with Gasteiger partial charge in [-0.25, -0.2) is 4.98 Å². The molecule has 2 heterocycles. The van der Waals surface area contributed by atoms with Crippen molar-refractivity contribution in [2.45, 2.75) is 0 Å². The van der Waals surface area contributed by atoms with E-state index in [2.05, 4.69) is 4.98 Å². The average Bonchev–Trinajstić information content (AvgIpc) is 2.84. The third-order valence-electron chi connectivity index (χ3n) is 2.81. The number of ether oxygens (including phenoxy) is 1. The highest BCUT2D eigenvalue weighted by molar-refractivity contribution is 6.29. The Bertz CT molecular complexity index is 706. The predicted octanol–water partition coefficient (Wildman–Crippen LogP) is 3.66. The Balaban J connectivity index is 2.16. The maximum Gasteiger partial charge on any atom is 0.138 e. The Morgan fingerprint density at radius 3 is 2.78 bits per heavy atom. The Morgan fingerprint density at radius 2 is 2.00 bits per heavy atom. The molecule has 4 heteroatoms. The first-order chi connectivity index (χ1) is 8.78. The van der Waals surface area contributed by atoms with Crippen molar-refractivity contribution in [3.05, 3.63) is 53.8 Å². The molecule has 0 aliphatic rings. The molecule has 0 radical (unpaired) electrons. The molecule has 0 bridgehead atoms. The van der Waals surface area contributed by atoms with Crippen LogP contribution in [-0.2, 0) is 0 Å². The number of benzene rings is 1. The molecule has 0 unspecified atom stereocenters. The van der Waals surface area contributed by atoms with E-state index in [1.54, 1.807) is 7.11 Å². The van der Waals surface area contributed by atoms with E-state index in [1.165, 1.54) is 0 Å². The van der Waals surface area contributed by atoms with Crippen LogP contribution in [0.4, 0.5) is 0 Å². The van der Waals surface area contributed by atoms with Gasteiger partial charge < -0.3 is 4.74 Å². The normalized spacial score (nSPS) is 10.8. The molecular formula is C14H11ClN2O. The summed E-state index contributed by atoms with van der Waals surface area (Å²) in [6.45, 7) is 0. The zero-order chi connectivity index (χ0) is 12.5. The van der Waals surface area contributed by atoms with Gasteiger partial charge >= 0.3 is 0 Å². The van der Waals surface area contributed by atoms with Gasteiger partial charge in [-0.2, -0.15) is 0 Å². The van der Waals surface area contributed by atoms with Gasteiger partial charge in [0.2, 0.25) is 0 Å². The van der Waals surface area contributed by atoms with Crippen LogP contribution < -0.4 is 4.74 Å². The molecule has 1 aromatic carbocycles. The predicted molar refractivity (Wildman–Crippen MR) is 72.2 cm³/mol. The van der Waals surface area contributed by atoms with Crippen molar-refractivity contribution in [3.63, 3.8) is 0 Å². The van der Waals surface area contributed by atoms with Crippen molar-refractivity contribution in [3.8, 4) is 17.0 Å². The molecule has 0 aliphatic heterocycles. The van der Waals surface area contributed by atoms with Gasteiger partial charge in [0.1, 0.15) is 16.5 Å². The summed E-state index contributed by atoms with van der Waals surface area (Å²) in [7, 11) is 1.65. The maximum atomic E-state index is 6.11. The summed E-state index contributed by atoms with van der Waals surface area (Å²) >= 11 is 6.11. The largest absolute Gasteiger partial charge is 0.497 e. The van der Waals surface area contributed by atoms with E-state index in [9.17, 15) is 0 Å². The van der Waals surface area contributed by atoms with Gasteiger partial charge in [0, 0.05) is 11.8 Å². The van der Waals surface area contributed by atoms with Crippen LogP contribution in [0.15, 0.2) is 48.7 Å². The summed E-state index contributed by atoms with van der Waals surface area (Å²) in [5, 5.41) is 0.647. The SMILES string of the molecule is COc1cccc(-c2cn3c(Cl)cccc3n2)c1. The lowest BCUT2D eigenvalue weighted by molar-refractivity contribution is 0.415. The average molecular weight is 259 g/mol. The quantitative estimate of drug-likeness (QED) is 0.656. The van der Waals surface area contributed by atoms with Crippen molar-refractivity contribution in [1.82, 2.24) is 9.38 Å². The lowest BCUT2D eigenvalue weighted by Crippen LogP contribution is -1.83. The van der Waals surface area contributed by atoms with Crippen molar-refractivity contribution < 1.29 is 4.74 Å². The van der Waals surface area contributed by atoms with Crippen LogP contribution in [0.1, 0.15) is 0 Å². The van der Waals surface area contributed by atoms with E-state index in [0.29, 0.717) is 5.15 Å². The van der Waals surface area contributed by atoms with E-state index in [4.69, 9.17) is 16.3 Å². The number of aromatic nitrogens is 2. The highest BCUT2D eigenvalue weighted by atomic mass is 35.5. The highest BCUT2D eigenvalue weighted by Gasteiger charge is 2.06. The molecule has 90 valence electrons. The molecule has 0 aliphatic carbocycles. The second-order valence-corrected chi connectivity index (χ2v) is 4.32. The number of methoxy groups -OCH3 is 1. The number of hydrogen-bond donors (Lipinski definition) is 0. The second kappa shape index (κ2) is 4.35. The highest BCUT2D eigenvalue weighted by Crippen LogP contribution is 2.24. The summed E-state index contributed by atoms with van der Waals surface area (Å²) in [5.41, 5.74) is 2.72. The molecule has 0 saturated heterocycles. The number of hydrogen-bond acceptors (Lipinski definition) is 2. The third-order valence-corrected chi connectivity index (χ3v) is 3.12. The van der Waals surface area contributed by atoms with Gasteiger partial charge in [-0.15, -0.1) is 0 Å². The molecule has 0 spiro atoms. The van der Waals surface area contributed by atoms with Crippen LogP contribution in [0.2, 0.25) is 5.15 Å². The van der Waals surface area contributed by atoms with Crippen LogP contribution in [0.5, 0.6) is 5.75 Å². The van der Waals surface area contributed by atoms with Crippen molar-refractivity contribution >= 4 is 17.2 Å². The Labute approximate surface area is 110 Å². The van der Waals surface area contributed by atoms with Crippen LogP contribution in [0.3, 0.4) is 0 Å². The molecule has 3 aromatic rings. The van der Waals surface area contributed by atoms with Crippen LogP contribution >= 0.6 is 11.6 Å². The van der Waals surface area contributed by atoms with E-state index < -0.39 is 0 Å². The van der Waals surface area contributed by atoms with E-state index in [0.717, 1.165) is 22.7 Å². The minimum Gasteiger partial charge on any atom is -0.497 e. The number of nitrogens with zero attached hydrogens (tertiary/aromatic N) is 2. The fraction of sp³-hybridized carbons (Fsp3) is 0.0714. The van der Waals surface area contributed by atoms with Gasteiger partial charge in [-0.1, -0.05) is 29.8 Å². The Kier molecular flexibility index (Phi) is 2.68. The number of imidazole rings is 1. The van der Waals surface area contributed by atoms with E-state index in [1.807, 2.05) is 53.1 Å². The minimum atomic E-state index is 0.647. The molecule has 0 atom stereocenters. The lowest BCUT2D eigenvalue weighted by Gasteiger charge is -2.01. The molecular weight excluding hydrogens is 248 g/mol. The standard InChI is InChI=1S/C14H11ClN2O/c1-18-11-5-2-4-10(8-11)12-9-17-13(15)6-3-7-14(17)16-12/h2-9H,1H3. The van der Waals surface area contributed by atoms with Gasteiger partial charge in [-0.3, -0.25) is 4.40 Å². The van der Waals surface area contributed by atoms with Crippen molar-refractivity contribution in [1.29, 1.82) is 0 Å². The molecule has 0 amide bonds. The molecule has 0 fully saturated rings. The first-order valence-corrected chi connectivity index (χ1v) is 5.94. The summed E-state index contributed by atoms with van der Waals surface area (Å²) in [6.07, 6.45) is 1.92. The third kappa shape index (κ3) is 1.83. The summed E-state index contributed by atoms with van der Waals surface area (Å²) in [5.74, 6) is 0.815. The number of rotatable bonds is 2. The van der Waals surface area contributed by atoms with Gasteiger partial charge in [0.25, 0.3) is 0 Å². The zero-order valence-corrected chi connectivity index (χ0v) is 10.6. The fourth-order valence-electron chi connectivity index (χ4n) is 1.90. The number of pyridine rings is 1. The Hall–Kier alpha value is -2.00. The topological polar surface area (TPSA) is 26.5 Å². The van der Waals surface area contributed by atoms with Crippen molar-refractivity contribution in [2.75, 3.05) is 7.11 Å². The van der Waals surface area contributed by atoms with E-state index in [-0.39, 0.29) is 0 Å². The maximum absolute atomic E-state index is 6.11. The fourth-order valence-corrected chi connectivity index (χ4v) is 2.11. The smallest absolute Gasteiger partial charge is 0.138 e. The van der Waals surface area contributed by atoms with Crippen LogP contribution in [0, 0.1) is 0 Å². The van der Waals surface area contributed by atoms with Crippen LogP contribution in [0.25, 0.3) is 16.9 Å². The number of halogens is 1. The monoisotopic (exact) mass is 258 g/mol. The first kappa shape index (κ1) is 11.1. The molecule has 3 nitrogen and oxygen atoms in total. The van der Waals surface area contributed by atoms with Crippen molar-refractivity contribution in [2.24, 2.45) is 0 Å². The second-order valence-electron chi connectivity index (χ2n) is 3.93. The Morgan fingerprint density at radius 1 is 1.17 bits per heavy atom. The first-order valence-electron chi connectivity index (χ1n) is 5.56. The lowest BCUT2D eigenvalue weighted by atomic mass is 10.1. The van der Waals surface area contributed by atoms with Gasteiger partial charge in [0.15, 0.2) is 0 Å². The zero-order valence-electron chi connectivity index (χ0n) is 9.80. The summed E-state index contributed by atoms with van der Waals surface area (Å²) < 4.78 is 7.07. The minimum absolute atomic E-state index is 0.647. The number of fused-ring (bicyclic) bond motifs is 1. The molecule has 2 aromatic heterocycles. The summed E-state index contributed by atoms with van der Waals surface area (Å²) in [4.78, 5) is 4.54. The summed E-state index contributed by atoms with van der Waals surface area (Å²) in [6, 6.07) is 13.5. The van der Waals surface area contributed by atoms with Crippen LogP contribution in [-0.4, -0.2) is 16.5 Å². The van der Waals surface area contributed by atoms with E-state index >= 15 is 0 Å².